The minimum absolute atomic E-state index is 0.456. The van der Waals surface area contributed by atoms with Crippen molar-refractivity contribution in [1.29, 1.82) is 0 Å². The van der Waals surface area contributed by atoms with Crippen LogP contribution in [0.2, 0.25) is 5.15 Å². The van der Waals surface area contributed by atoms with E-state index in [4.69, 9.17) is 11.6 Å². The normalized spacial score (nSPS) is 12.6. The summed E-state index contributed by atoms with van der Waals surface area (Å²) in [6.45, 7) is 4.15. The van der Waals surface area contributed by atoms with Crippen molar-refractivity contribution in [3.05, 3.63) is 17.0 Å². The third-order valence-electron chi connectivity index (χ3n) is 2.73. The second kappa shape index (κ2) is 6.30. The van der Waals surface area contributed by atoms with Crippen LogP contribution in [0, 0.1) is 6.92 Å². The average molecular weight is 260 g/mol. The van der Waals surface area contributed by atoms with Gasteiger partial charge in [-0.05, 0) is 32.3 Å². The molecule has 1 atom stereocenters. The van der Waals surface area contributed by atoms with E-state index in [1.165, 1.54) is 6.33 Å². The molecular weight excluding hydrogens is 242 g/mol. The number of nitrogens with zero attached hydrogens (tertiary/aromatic N) is 3. The quantitative estimate of drug-likeness (QED) is 0.761. The van der Waals surface area contributed by atoms with E-state index in [-0.39, 0.29) is 0 Å². The highest BCUT2D eigenvalue weighted by atomic mass is 35.5. The molecule has 0 N–H and O–H groups in total. The van der Waals surface area contributed by atoms with Crippen LogP contribution in [0.3, 0.4) is 0 Å². The van der Waals surface area contributed by atoms with Gasteiger partial charge in [0.05, 0.1) is 0 Å². The van der Waals surface area contributed by atoms with Crippen LogP contribution < -0.4 is 4.90 Å². The SMILES string of the molecule is CSCCC(C)N(C)c1ncnc(Cl)c1C. The first-order valence-electron chi connectivity index (χ1n) is 5.26. The van der Waals surface area contributed by atoms with Gasteiger partial charge >= 0.3 is 0 Å². The maximum Gasteiger partial charge on any atom is 0.137 e. The molecule has 5 heteroatoms. The molecule has 0 amide bonds. The molecule has 0 aliphatic carbocycles. The van der Waals surface area contributed by atoms with Crippen molar-refractivity contribution < 1.29 is 0 Å². The summed E-state index contributed by atoms with van der Waals surface area (Å²) in [5, 5.41) is 0.536. The summed E-state index contributed by atoms with van der Waals surface area (Å²) in [7, 11) is 2.05. The third kappa shape index (κ3) is 3.25. The number of hydrogen-bond acceptors (Lipinski definition) is 4. The van der Waals surface area contributed by atoms with Crippen LogP contribution in [0.25, 0.3) is 0 Å². The van der Waals surface area contributed by atoms with Gasteiger partial charge in [0.2, 0.25) is 0 Å². The maximum atomic E-state index is 5.99. The lowest BCUT2D eigenvalue weighted by Gasteiger charge is -2.27. The Labute approximate surface area is 107 Å². The molecule has 0 saturated heterocycles. The van der Waals surface area contributed by atoms with Crippen molar-refractivity contribution in [2.75, 3.05) is 24.0 Å². The molecule has 0 radical (unpaired) electrons. The van der Waals surface area contributed by atoms with Crippen LogP contribution >= 0.6 is 23.4 Å². The molecule has 0 fully saturated rings. The van der Waals surface area contributed by atoms with Gasteiger partial charge in [-0.1, -0.05) is 11.6 Å². The number of aromatic nitrogens is 2. The first kappa shape index (κ1) is 13.6. The molecule has 1 heterocycles. The first-order valence-corrected chi connectivity index (χ1v) is 7.04. The number of anilines is 1. The van der Waals surface area contributed by atoms with E-state index in [9.17, 15) is 0 Å². The molecular formula is C11H18ClN3S. The van der Waals surface area contributed by atoms with E-state index in [1.54, 1.807) is 0 Å². The molecule has 1 unspecified atom stereocenters. The molecule has 16 heavy (non-hydrogen) atoms. The minimum Gasteiger partial charge on any atom is -0.357 e. The van der Waals surface area contributed by atoms with Crippen molar-refractivity contribution >= 4 is 29.2 Å². The summed E-state index contributed by atoms with van der Waals surface area (Å²) < 4.78 is 0. The maximum absolute atomic E-state index is 5.99. The van der Waals surface area contributed by atoms with Crippen LogP contribution in [0.1, 0.15) is 18.9 Å². The van der Waals surface area contributed by atoms with Crippen molar-refractivity contribution in [3.63, 3.8) is 0 Å². The predicted octanol–water partition coefficient (Wildman–Crippen LogP) is 3.02. The number of rotatable bonds is 5. The monoisotopic (exact) mass is 259 g/mol. The second-order valence-electron chi connectivity index (χ2n) is 3.85. The molecule has 90 valence electrons. The first-order chi connectivity index (χ1) is 7.57. The summed E-state index contributed by atoms with van der Waals surface area (Å²) in [6, 6.07) is 0.456. The molecule has 1 rings (SSSR count). The van der Waals surface area contributed by atoms with Gasteiger partial charge < -0.3 is 4.90 Å². The van der Waals surface area contributed by atoms with Gasteiger partial charge in [0.15, 0.2) is 0 Å². The van der Waals surface area contributed by atoms with Crippen molar-refractivity contribution in [1.82, 2.24) is 9.97 Å². The van der Waals surface area contributed by atoms with Gasteiger partial charge in [0, 0.05) is 18.7 Å². The lowest BCUT2D eigenvalue weighted by molar-refractivity contribution is 0.659. The van der Waals surface area contributed by atoms with Crippen LogP contribution in [-0.2, 0) is 0 Å². The Bertz CT molecular complexity index is 346. The molecule has 3 nitrogen and oxygen atoms in total. The second-order valence-corrected chi connectivity index (χ2v) is 5.20. The summed E-state index contributed by atoms with van der Waals surface area (Å²) in [5.74, 6) is 2.08. The van der Waals surface area contributed by atoms with Crippen molar-refractivity contribution in [3.8, 4) is 0 Å². The Balaban J connectivity index is 2.79. The third-order valence-corrected chi connectivity index (χ3v) is 3.76. The minimum atomic E-state index is 0.456. The van der Waals surface area contributed by atoms with Gasteiger partial charge in [-0.25, -0.2) is 9.97 Å². The Hall–Kier alpha value is -0.480. The van der Waals surface area contributed by atoms with Crippen LogP contribution in [-0.4, -0.2) is 35.1 Å². The summed E-state index contributed by atoms with van der Waals surface area (Å²) in [5.41, 5.74) is 0.947. The number of hydrogen-bond donors (Lipinski definition) is 0. The Morgan fingerprint density at radius 2 is 2.19 bits per heavy atom. The molecule has 0 aliphatic heterocycles. The van der Waals surface area contributed by atoms with E-state index in [2.05, 4.69) is 35.1 Å². The van der Waals surface area contributed by atoms with E-state index in [0.717, 1.165) is 23.6 Å². The van der Waals surface area contributed by atoms with Gasteiger partial charge in [-0.3, -0.25) is 0 Å². The Morgan fingerprint density at radius 1 is 1.50 bits per heavy atom. The van der Waals surface area contributed by atoms with Gasteiger partial charge in [0.1, 0.15) is 17.3 Å². The fraction of sp³-hybridized carbons (Fsp3) is 0.636. The molecule has 1 aromatic heterocycles. The lowest BCUT2D eigenvalue weighted by atomic mass is 10.2. The summed E-state index contributed by atoms with van der Waals surface area (Å²) in [6.07, 6.45) is 4.78. The van der Waals surface area contributed by atoms with E-state index in [1.807, 2.05) is 18.7 Å². The van der Waals surface area contributed by atoms with Gasteiger partial charge in [0.25, 0.3) is 0 Å². The smallest absolute Gasteiger partial charge is 0.137 e. The van der Waals surface area contributed by atoms with Gasteiger partial charge in [-0.15, -0.1) is 0 Å². The van der Waals surface area contributed by atoms with Crippen LogP contribution in [0.15, 0.2) is 6.33 Å². The highest BCUT2D eigenvalue weighted by molar-refractivity contribution is 7.98. The standard InChI is InChI=1S/C11H18ClN3S/c1-8(5-6-16-4)15(3)11-9(2)10(12)13-7-14-11/h7-8H,5-6H2,1-4H3. The van der Waals surface area contributed by atoms with E-state index >= 15 is 0 Å². The highest BCUT2D eigenvalue weighted by Gasteiger charge is 2.14. The molecule has 0 spiro atoms. The molecule has 0 bridgehead atoms. The molecule has 1 aromatic rings. The van der Waals surface area contributed by atoms with Gasteiger partial charge in [-0.2, -0.15) is 11.8 Å². The van der Waals surface area contributed by atoms with E-state index in [0.29, 0.717) is 11.2 Å². The number of thioether (sulfide) groups is 1. The molecule has 0 saturated carbocycles. The fourth-order valence-corrected chi connectivity index (χ4v) is 2.17. The van der Waals surface area contributed by atoms with E-state index < -0.39 is 0 Å². The zero-order chi connectivity index (χ0) is 12.1. The van der Waals surface area contributed by atoms with Crippen molar-refractivity contribution in [2.24, 2.45) is 0 Å². The zero-order valence-electron chi connectivity index (χ0n) is 10.2. The molecule has 0 aromatic carbocycles. The topological polar surface area (TPSA) is 29.0 Å². The predicted molar refractivity (Wildman–Crippen MR) is 72.6 cm³/mol. The Morgan fingerprint density at radius 3 is 2.81 bits per heavy atom. The molecule has 0 aliphatic rings. The highest BCUT2D eigenvalue weighted by Crippen LogP contribution is 2.23. The van der Waals surface area contributed by atoms with Crippen LogP contribution in [0.4, 0.5) is 5.82 Å². The van der Waals surface area contributed by atoms with Crippen LogP contribution in [0.5, 0.6) is 0 Å². The zero-order valence-corrected chi connectivity index (χ0v) is 11.8. The average Bonchev–Trinajstić information content (AvgIpc) is 2.28. The fourth-order valence-electron chi connectivity index (χ4n) is 1.47. The largest absolute Gasteiger partial charge is 0.357 e. The summed E-state index contributed by atoms with van der Waals surface area (Å²) >= 11 is 7.85. The lowest BCUT2D eigenvalue weighted by Crippen LogP contribution is -2.30. The Kier molecular flexibility index (Phi) is 5.35. The number of halogens is 1. The van der Waals surface area contributed by atoms with Crippen molar-refractivity contribution in [2.45, 2.75) is 26.3 Å². The summed E-state index contributed by atoms with van der Waals surface area (Å²) in [4.78, 5) is 10.4.